The van der Waals surface area contributed by atoms with E-state index >= 15 is 0 Å². The molecule has 94 valence electrons. The van der Waals surface area contributed by atoms with Crippen LogP contribution in [0.2, 0.25) is 0 Å². The maximum atomic E-state index is 10.0. The van der Waals surface area contributed by atoms with Crippen molar-refractivity contribution >= 4 is 6.08 Å². The third-order valence-electron chi connectivity index (χ3n) is 2.95. The fourth-order valence-electron chi connectivity index (χ4n) is 1.63. The average Bonchev–Trinajstić information content (AvgIpc) is 2.22. The summed E-state index contributed by atoms with van der Waals surface area (Å²) in [7, 11) is 0. The molecule has 0 saturated carbocycles. The van der Waals surface area contributed by atoms with Crippen LogP contribution in [0.5, 0.6) is 11.5 Å². The smallest absolute Gasteiger partial charge is 0.126 e. The highest BCUT2D eigenvalue weighted by molar-refractivity contribution is 5.68. The Balaban J connectivity index is 3.40. The number of phenols is 2. The molecule has 3 nitrogen and oxygen atoms in total. The van der Waals surface area contributed by atoms with Crippen LogP contribution in [0, 0.1) is 20.8 Å². The van der Waals surface area contributed by atoms with E-state index in [1.807, 2.05) is 0 Å². The second kappa shape index (κ2) is 4.41. The molecular weight excluding hydrogens is 216 g/mol. The second-order valence-corrected chi connectivity index (χ2v) is 4.97. The number of hydrogen-bond donors (Lipinski definition) is 3. The zero-order valence-electron chi connectivity index (χ0n) is 11.0. The molecule has 0 unspecified atom stereocenters. The highest BCUT2D eigenvalue weighted by Crippen LogP contribution is 2.37. The van der Waals surface area contributed by atoms with E-state index in [1.165, 1.54) is 0 Å². The van der Waals surface area contributed by atoms with Crippen molar-refractivity contribution < 1.29 is 15.3 Å². The molecule has 0 fully saturated rings. The van der Waals surface area contributed by atoms with Crippen molar-refractivity contribution in [2.75, 3.05) is 0 Å². The van der Waals surface area contributed by atoms with Gasteiger partial charge in [-0.05, 0) is 45.7 Å². The van der Waals surface area contributed by atoms with Crippen molar-refractivity contribution in [3.8, 4) is 11.5 Å². The molecule has 1 rings (SSSR count). The number of aliphatic hydroxyl groups is 1. The van der Waals surface area contributed by atoms with E-state index in [4.69, 9.17) is 0 Å². The highest BCUT2D eigenvalue weighted by atomic mass is 16.3. The quantitative estimate of drug-likeness (QED) is 0.692. The molecule has 17 heavy (non-hydrogen) atoms. The zero-order valence-corrected chi connectivity index (χ0v) is 11.0. The summed E-state index contributed by atoms with van der Waals surface area (Å²) in [6.07, 6.45) is 3.22. The molecule has 0 aliphatic carbocycles. The first-order chi connectivity index (χ1) is 7.65. The zero-order chi connectivity index (χ0) is 13.4. The lowest BCUT2D eigenvalue weighted by atomic mass is 9.96. The van der Waals surface area contributed by atoms with Gasteiger partial charge in [0.05, 0.1) is 5.60 Å². The number of rotatable bonds is 2. The van der Waals surface area contributed by atoms with Crippen molar-refractivity contribution in [3.63, 3.8) is 0 Å². The lowest BCUT2D eigenvalue weighted by Gasteiger charge is -2.15. The Morgan fingerprint density at radius 3 is 1.82 bits per heavy atom. The van der Waals surface area contributed by atoms with Crippen LogP contribution in [0.1, 0.15) is 36.1 Å². The fourth-order valence-corrected chi connectivity index (χ4v) is 1.63. The van der Waals surface area contributed by atoms with Gasteiger partial charge in [-0.15, -0.1) is 0 Å². The van der Waals surface area contributed by atoms with Crippen LogP contribution in [0.4, 0.5) is 0 Å². The number of benzene rings is 1. The highest BCUT2D eigenvalue weighted by Gasteiger charge is 2.15. The standard InChI is InChI=1S/C14H20O3/c1-8-9(2)13(16)11(10(3)12(8)15)6-7-14(4,5)17/h6-7,15-17H,1-5H3. The van der Waals surface area contributed by atoms with Crippen molar-refractivity contribution in [3.05, 3.63) is 28.3 Å². The van der Waals surface area contributed by atoms with Crippen molar-refractivity contribution in [2.45, 2.75) is 40.2 Å². The lowest BCUT2D eigenvalue weighted by molar-refractivity contribution is 0.134. The Morgan fingerprint density at radius 2 is 1.35 bits per heavy atom. The Morgan fingerprint density at radius 1 is 0.882 bits per heavy atom. The second-order valence-electron chi connectivity index (χ2n) is 4.97. The predicted octanol–water partition coefficient (Wildman–Crippen LogP) is 2.81. The molecule has 0 atom stereocenters. The maximum Gasteiger partial charge on any atom is 0.126 e. The summed E-state index contributed by atoms with van der Waals surface area (Å²) < 4.78 is 0. The minimum absolute atomic E-state index is 0.151. The largest absolute Gasteiger partial charge is 0.507 e. The van der Waals surface area contributed by atoms with Crippen LogP contribution in [0.25, 0.3) is 6.08 Å². The van der Waals surface area contributed by atoms with Crippen molar-refractivity contribution in [1.82, 2.24) is 0 Å². The van der Waals surface area contributed by atoms with Gasteiger partial charge < -0.3 is 15.3 Å². The SMILES string of the molecule is Cc1c(C)c(O)c(C=CC(C)(C)O)c(C)c1O. The van der Waals surface area contributed by atoms with Gasteiger partial charge in [-0.3, -0.25) is 0 Å². The molecule has 0 amide bonds. The third kappa shape index (κ3) is 2.80. The van der Waals surface area contributed by atoms with E-state index in [0.29, 0.717) is 22.3 Å². The minimum atomic E-state index is -0.951. The molecule has 0 aromatic heterocycles. The summed E-state index contributed by atoms with van der Waals surface area (Å²) in [4.78, 5) is 0. The van der Waals surface area contributed by atoms with Gasteiger partial charge in [-0.25, -0.2) is 0 Å². The average molecular weight is 236 g/mol. The molecule has 3 heteroatoms. The van der Waals surface area contributed by atoms with Crippen molar-refractivity contribution in [1.29, 1.82) is 0 Å². The van der Waals surface area contributed by atoms with Gasteiger partial charge in [-0.1, -0.05) is 12.2 Å². The Hall–Kier alpha value is -1.48. The fraction of sp³-hybridized carbons (Fsp3) is 0.429. The molecule has 0 heterocycles. The Labute approximate surface area is 102 Å². The van der Waals surface area contributed by atoms with Gasteiger partial charge in [-0.2, -0.15) is 0 Å². The first-order valence-corrected chi connectivity index (χ1v) is 5.58. The topological polar surface area (TPSA) is 60.7 Å². The lowest BCUT2D eigenvalue weighted by Crippen LogP contribution is -2.13. The van der Waals surface area contributed by atoms with Crippen LogP contribution in [-0.2, 0) is 0 Å². The molecule has 3 N–H and O–H groups in total. The summed E-state index contributed by atoms with van der Waals surface area (Å²) in [5, 5.41) is 29.6. The van der Waals surface area contributed by atoms with Gasteiger partial charge in [0.15, 0.2) is 0 Å². The van der Waals surface area contributed by atoms with E-state index in [-0.39, 0.29) is 11.5 Å². The van der Waals surface area contributed by atoms with Crippen LogP contribution in [0.15, 0.2) is 6.08 Å². The Bertz CT molecular complexity index is 436. The maximum absolute atomic E-state index is 10.0. The van der Waals surface area contributed by atoms with Gasteiger partial charge >= 0.3 is 0 Å². The molecule has 0 aliphatic heterocycles. The van der Waals surface area contributed by atoms with Gasteiger partial charge in [0.25, 0.3) is 0 Å². The first kappa shape index (κ1) is 13.6. The summed E-state index contributed by atoms with van der Waals surface area (Å²) >= 11 is 0. The predicted molar refractivity (Wildman–Crippen MR) is 69.3 cm³/mol. The monoisotopic (exact) mass is 236 g/mol. The van der Waals surface area contributed by atoms with E-state index in [0.717, 1.165) is 0 Å². The number of hydrogen-bond acceptors (Lipinski definition) is 3. The van der Waals surface area contributed by atoms with E-state index in [1.54, 1.807) is 46.8 Å². The van der Waals surface area contributed by atoms with Crippen LogP contribution in [0.3, 0.4) is 0 Å². The summed E-state index contributed by atoms with van der Waals surface area (Å²) in [6.45, 7) is 8.56. The van der Waals surface area contributed by atoms with Gasteiger partial charge in [0.2, 0.25) is 0 Å². The molecule has 1 aromatic rings. The van der Waals surface area contributed by atoms with E-state index < -0.39 is 5.60 Å². The third-order valence-corrected chi connectivity index (χ3v) is 2.95. The first-order valence-electron chi connectivity index (χ1n) is 5.58. The normalized spacial score (nSPS) is 12.4. The van der Waals surface area contributed by atoms with E-state index in [9.17, 15) is 15.3 Å². The van der Waals surface area contributed by atoms with Gasteiger partial charge in [0.1, 0.15) is 11.5 Å². The summed E-state index contributed by atoms with van der Waals surface area (Å²) in [5.74, 6) is 0.342. The molecule has 1 aromatic carbocycles. The minimum Gasteiger partial charge on any atom is -0.507 e. The molecule has 0 radical (unpaired) electrons. The Kier molecular flexibility index (Phi) is 3.53. The van der Waals surface area contributed by atoms with Crippen molar-refractivity contribution in [2.24, 2.45) is 0 Å². The molecule has 0 saturated heterocycles. The van der Waals surface area contributed by atoms with Gasteiger partial charge in [0, 0.05) is 11.1 Å². The molecular formula is C14H20O3. The molecule has 0 bridgehead atoms. The van der Waals surface area contributed by atoms with Crippen LogP contribution in [-0.4, -0.2) is 20.9 Å². The number of phenolic OH excluding ortho intramolecular Hbond substituents is 2. The van der Waals surface area contributed by atoms with Crippen LogP contribution >= 0.6 is 0 Å². The summed E-state index contributed by atoms with van der Waals surface area (Å²) in [5.41, 5.74) is 1.55. The molecule has 0 aliphatic rings. The molecule has 0 spiro atoms. The summed E-state index contributed by atoms with van der Waals surface area (Å²) in [6, 6.07) is 0. The van der Waals surface area contributed by atoms with E-state index in [2.05, 4.69) is 0 Å². The number of aromatic hydroxyl groups is 2. The van der Waals surface area contributed by atoms with Crippen LogP contribution < -0.4 is 0 Å².